The highest BCUT2D eigenvalue weighted by atomic mass is 16.5. The molecule has 1 N–H and O–H groups in total. The number of hydrogen-bond acceptors (Lipinski definition) is 7. The van der Waals surface area contributed by atoms with Crippen LogP contribution in [0, 0.1) is 13.8 Å². The van der Waals surface area contributed by atoms with Gasteiger partial charge in [-0.2, -0.15) is 0 Å². The van der Waals surface area contributed by atoms with E-state index in [4.69, 9.17) is 9.51 Å². The highest BCUT2D eigenvalue weighted by molar-refractivity contribution is 5.95. The Kier molecular flexibility index (Phi) is 4.95. The van der Waals surface area contributed by atoms with Gasteiger partial charge in [0, 0.05) is 40.8 Å². The van der Waals surface area contributed by atoms with Crippen LogP contribution >= 0.6 is 0 Å². The Morgan fingerprint density at radius 2 is 1.80 bits per heavy atom. The fourth-order valence-electron chi connectivity index (χ4n) is 4.55. The SMILES string of the molecule is Cc1noc(C)c1-c1cnc2c(-c3ccc(-c4nnn[nH]4)cc3)cn([C@@H](C)c3ccccn3)c2c1. The largest absolute Gasteiger partial charge is 0.361 e. The molecule has 9 heteroatoms. The molecule has 6 rings (SSSR count). The van der Waals surface area contributed by atoms with Gasteiger partial charge in [0.2, 0.25) is 0 Å². The third-order valence-electron chi connectivity index (χ3n) is 6.34. The maximum atomic E-state index is 5.41. The first-order valence-corrected chi connectivity index (χ1v) is 11.3. The number of hydrogen-bond donors (Lipinski definition) is 1. The summed E-state index contributed by atoms with van der Waals surface area (Å²) in [4.78, 5) is 9.51. The monoisotopic (exact) mass is 462 g/mol. The van der Waals surface area contributed by atoms with Crippen LogP contribution in [0.25, 0.3) is 44.7 Å². The smallest absolute Gasteiger partial charge is 0.179 e. The highest BCUT2D eigenvalue weighted by Gasteiger charge is 2.20. The van der Waals surface area contributed by atoms with Crippen molar-refractivity contribution in [2.45, 2.75) is 26.8 Å². The molecule has 0 aliphatic carbocycles. The molecule has 0 aliphatic rings. The van der Waals surface area contributed by atoms with Crippen molar-refractivity contribution in [3.05, 3.63) is 84.3 Å². The molecule has 5 aromatic heterocycles. The van der Waals surface area contributed by atoms with Crippen LogP contribution in [0.4, 0.5) is 0 Å². The molecule has 0 radical (unpaired) electrons. The minimum absolute atomic E-state index is 0.00806. The molecular formula is C26H22N8O. The molecule has 0 aliphatic heterocycles. The van der Waals surface area contributed by atoms with Crippen molar-refractivity contribution < 1.29 is 4.52 Å². The van der Waals surface area contributed by atoms with Crippen molar-refractivity contribution in [2.75, 3.05) is 0 Å². The number of aromatic nitrogens is 8. The summed E-state index contributed by atoms with van der Waals surface area (Å²) in [5.41, 5.74) is 8.70. The van der Waals surface area contributed by atoms with Gasteiger partial charge in [-0.1, -0.05) is 35.5 Å². The van der Waals surface area contributed by atoms with Crippen LogP contribution in [0.2, 0.25) is 0 Å². The van der Waals surface area contributed by atoms with Crippen molar-refractivity contribution in [3.8, 4) is 33.6 Å². The predicted octanol–water partition coefficient (Wildman–Crippen LogP) is 5.16. The number of aryl methyl sites for hydroxylation is 2. The summed E-state index contributed by atoms with van der Waals surface area (Å²) in [6.45, 7) is 6.02. The lowest BCUT2D eigenvalue weighted by atomic mass is 10.0. The molecule has 0 saturated carbocycles. The molecule has 0 saturated heterocycles. The molecular weight excluding hydrogens is 440 g/mol. The summed E-state index contributed by atoms with van der Waals surface area (Å²) in [5.74, 6) is 1.40. The summed E-state index contributed by atoms with van der Waals surface area (Å²) in [5, 5.41) is 18.2. The first kappa shape index (κ1) is 20.9. The zero-order valence-corrected chi connectivity index (χ0v) is 19.5. The minimum atomic E-state index is 0.00806. The van der Waals surface area contributed by atoms with Crippen LogP contribution in [0.5, 0.6) is 0 Å². The van der Waals surface area contributed by atoms with Crippen LogP contribution in [-0.2, 0) is 0 Å². The number of fused-ring (bicyclic) bond motifs is 1. The van der Waals surface area contributed by atoms with E-state index in [1.165, 1.54) is 0 Å². The summed E-state index contributed by atoms with van der Waals surface area (Å²) >= 11 is 0. The second-order valence-electron chi connectivity index (χ2n) is 8.50. The molecule has 9 nitrogen and oxygen atoms in total. The van der Waals surface area contributed by atoms with Gasteiger partial charge >= 0.3 is 0 Å². The molecule has 1 aromatic carbocycles. The lowest BCUT2D eigenvalue weighted by Gasteiger charge is -2.15. The molecule has 0 spiro atoms. The van der Waals surface area contributed by atoms with Crippen LogP contribution in [0.1, 0.15) is 30.1 Å². The van der Waals surface area contributed by atoms with E-state index in [9.17, 15) is 0 Å². The average molecular weight is 463 g/mol. The van der Waals surface area contributed by atoms with E-state index in [2.05, 4.69) is 66.7 Å². The van der Waals surface area contributed by atoms with Crippen molar-refractivity contribution in [2.24, 2.45) is 0 Å². The van der Waals surface area contributed by atoms with Gasteiger partial charge in [0.1, 0.15) is 5.76 Å². The standard InChI is InChI=1S/C26H22N8O/c1-15-24(17(3)35-31-15)20-12-23-25(28-13-20)21(14-34(23)16(2)22-6-4-5-11-27-22)18-7-9-19(10-8-18)26-29-32-33-30-26/h4-14,16H,1-3H3,(H,29,30,32,33)/t16-/m0/s1. The van der Waals surface area contributed by atoms with Gasteiger partial charge in [-0.15, -0.1) is 5.10 Å². The van der Waals surface area contributed by atoms with Crippen molar-refractivity contribution in [1.82, 2.24) is 40.3 Å². The summed E-state index contributed by atoms with van der Waals surface area (Å²) < 4.78 is 7.65. The number of nitrogens with zero attached hydrogens (tertiary/aromatic N) is 7. The summed E-state index contributed by atoms with van der Waals surface area (Å²) in [6, 6.07) is 16.3. The molecule has 0 bridgehead atoms. The quantitative estimate of drug-likeness (QED) is 0.377. The number of aromatic amines is 1. The topological polar surface area (TPSA) is 111 Å². The van der Waals surface area contributed by atoms with E-state index >= 15 is 0 Å². The third-order valence-corrected chi connectivity index (χ3v) is 6.34. The van der Waals surface area contributed by atoms with Crippen LogP contribution in [0.15, 0.2) is 71.6 Å². The first-order chi connectivity index (χ1) is 17.1. The van der Waals surface area contributed by atoms with Crippen LogP contribution in [0.3, 0.4) is 0 Å². The Balaban J connectivity index is 1.52. The van der Waals surface area contributed by atoms with Gasteiger partial charge in [0.15, 0.2) is 5.82 Å². The Bertz CT molecular complexity index is 1600. The van der Waals surface area contributed by atoms with E-state index < -0.39 is 0 Å². The van der Waals surface area contributed by atoms with Gasteiger partial charge in [0.05, 0.1) is 28.5 Å². The zero-order chi connectivity index (χ0) is 23.9. The maximum absolute atomic E-state index is 5.41. The lowest BCUT2D eigenvalue weighted by molar-refractivity contribution is 0.393. The van der Waals surface area contributed by atoms with E-state index in [1.807, 2.05) is 56.6 Å². The first-order valence-electron chi connectivity index (χ1n) is 11.3. The molecule has 0 unspecified atom stereocenters. The van der Waals surface area contributed by atoms with E-state index in [-0.39, 0.29) is 6.04 Å². The molecule has 1 atom stereocenters. The highest BCUT2D eigenvalue weighted by Crippen LogP contribution is 2.36. The van der Waals surface area contributed by atoms with Gasteiger partial charge in [-0.3, -0.25) is 9.97 Å². The van der Waals surface area contributed by atoms with Gasteiger partial charge < -0.3 is 9.09 Å². The fraction of sp³-hybridized carbons (Fsp3) is 0.154. The fourth-order valence-corrected chi connectivity index (χ4v) is 4.55. The summed E-state index contributed by atoms with van der Waals surface area (Å²) in [7, 11) is 0. The molecule has 35 heavy (non-hydrogen) atoms. The van der Waals surface area contributed by atoms with Crippen LogP contribution in [-0.4, -0.2) is 40.3 Å². The number of tetrazole rings is 1. The second kappa shape index (κ2) is 8.28. The molecule has 5 heterocycles. The Morgan fingerprint density at radius 1 is 0.971 bits per heavy atom. The second-order valence-corrected chi connectivity index (χ2v) is 8.50. The van der Waals surface area contributed by atoms with E-state index in [0.29, 0.717) is 5.82 Å². The zero-order valence-electron chi connectivity index (χ0n) is 19.5. The Morgan fingerprint density at radius 3 is 2.49 bits per heavy atom. The van der Waals surface area contributed by atoms with Crippen LogP contribution < -0.4 is 0 Å². The van der Waals surface area contributed by atoms with Gasteiger partial charge in [-0.25, -0.2) is 5.10 Å². The number of benzene rings is 1. The number of pyridine rings is 2. The maximum Gasteiger partial charge on any atom is 0.179 e. The average Bonchev–Trinajstić information content (AvgIpc) is 3.63. The van der Waals surface area contributed by atoms with Gasteiger partial charge in [0.25, 0.3) is 0 Å². The third kappa shape index (κ3) is 3.57. The molecule has 172 valence electrons. The minimum Gasteiger partial charge on any atom is -0.361 e. The van der Waals surface area contributed by atoms with Crippen molar-refractivity contribution in [3.63, 3.8) is 0 Å². The normalized spacial score (nSPS) is 12.3. The van der Waals surface area contributed by atoms with E-state index in [1.54, 1.807) is 0 Å². The Labute approximate surface area is 200 Å². The van der Waals surface area contributed by atoms with E-state index in [0.717, 1.165) is 56.0 Å². The molecule has 0 amide bonds. The number of rotatable bonds is 5. The number of H-pyrrole nitrogens is 1. The Hall–Kier alpha value is -4.66. The lowest BCUT2D eigenvalue weighted by Crippen LogP contribution is -2.07. The molecule has 6 aromatic rings. The molecule has 0 fully saturated rings. The van der Waals surface area contributed by atoms with Crippen molar-refractivity contribution in [1.29, 1.82) is 0 Å². The van der Waals surface area contributed by atoms with Gasteiger partial charge in [-0.05, 0) is 55.0 Å². The summed E-state index contributed by atoms with van der Waals surface area (Å²) in [6.07, 6.45) is 5.87. The van der Waals surface area contributed by atoms with Crippen molar-refractivity contribution >= 4 is 11.0 Å². The predicted molar refractivity (Wildman–Crippen MR) is 131 cm³/mol. The number of nitrogens with one attached hydrogen (secondary N) is 1.